The van der Waals surface area contributed by atoms with Crippen molar-refractivity contribution in [2.24, 2.45) is 0 Å². The average molecular weight is 386 g/mol. The van der Waals surface area contributed by atoms with Gasteiger partial charge < -0.3 is 10.2 Å². The van der Waals surface area contributed by atoms with Crippen LogP contribution in [0.1, 0.15) is 29.8 Å². The van der Waals surface area contributed by atoms with Gasteiger partial charge >= 0.3 is 0 Å². The van der Waals surface area contributed by atoms with Crippen LogP contribution in [0.15, 0.2) is 35.7 Å². The zero-order valence-corrected chi connectivity index (χ0v) is 15.6. The average Bonchev–Trinajstić information content (AvgIpc) is 3.12. The summed E-state index contributed by atoms with van der Waals surface area (Å²) in [5.74, 6) is 0.106. The molecule has 1 aromatic carbocycles. The second kappa shape index (κ2) is 8.30. The summed E-state index contributed by atoms with van der Waals surface area (Å²) in [6.07, 6.45) is 3.30. The lowest BCUT2D eigenvalue weighted by Crippen LogP contribution is -2.42. The van der Waals surface area contributed by atoms with Crippen molar-refractivity contribution in [3.8, 4) is 10.6 Å². The van der Waals surface area contributed by atoms with Gasteiger partial charge in [0.1, 0.15) is 10.7 Å². The highest BCUT2D eigenvalue weighted by molar-refractivity contribution is 7.13. The fourth-order valence-corrected chi connectivity index (χ4v) is 4.33. The zero-order chi connectivity index (χ0) is 14.9. The number of carbonyl (C=O) groups is 1. The molecule has 4 nitrogen and oxygen atoms in total. The maximum absolute atomic E-state index is 12.9. The van der Waals surface area contributed by atoms with Crippen molar-refractivity contribution in [1.82, 2.24) is 15.2 Å². The number of nitrogens with zero attached hydrogens (tertiary/aromatic N) is 2. The third kappa shape index (κ3) is 3.59. The molecule has 1 amide bonds. The molecule has 0 spiro atoms. The van der Waals surface area contributed by atoms with Gasteiger partial charge in [0.15, 0.2) is 0 Å². The van der Waals surface area contributed by atoms with Gasteiger partial charge in [0.05, 0.1) is 0 Å². The van der Waals surface area contributed by atoms with Crippen molar-refractivity contribution in [1.29, 1.82) is 0 Å². The van der Waals surface area contributed by atoms with E-state index in [0.717, 1.165) is 42.9 Å². The number of nitrogens with one attached hydrogen (secondary N) is 1. The Morgan fingerprint density at radius 1 is 1.12 bits per heavy atom. The minimum absolute atomic E-state index is 0. The lowest BCUT2D eigenvalue weighted by molar-refractivity contribution is 0.0675. The Bertz CT molecular complexity index is 665. The summed E-state index contributed by atoms with van der Waals surface area (Å²) >= 11 is 1.55. The van der Waals surface area contributed by atoms with Crippen molar-refractivity contribution in [2.75, 3.05) is 13.1 Å². The van der Waals surface area contributed by atoms with E-state index in [4.69, 9.17) is 0 Å². The number of amides is 1. The molecule has 2 unspecified atom stereocenters. The second-order valence-electron chi connectivity index (χ2n) is 5.99. The van der Waals surface area contributed by atoms with Crippen LogP contribution in [0, 0.1) is 0 Å². The van der Waals surface area contributed by atoms with Gasteiger partial charge in [0, 0.05) is 29.6 Å². The first kappa shape index (κ1) is 19.2. The maximum atomic E-state index is 12.9. The van der Waals surface area contributed by atoms with Gasteiger partial charge in [-0.25, -0.2) is 4.98 Å². The molecule has 4 rings (SSSR count). The van der Waals surface area contributed by atoms with E-state index < -0.39 is 0 Å². The molecular weight excluding hydrogens is 365 g/mol. The molecule has 2 aliphatic rings. The molecule has 1 aromatic heterocycles. The predicted octanol–water partition coefficient (Wildman–Crippen LogP) is 3.62. The molecule has 2 saturated heterocycles. The molecule has 1 N–H and O–H groups in total. The summed E-state index contributed by atoms with van der Waals surface area (Å²) in [7, 11) is 0. The molecule has 3 heterocycles. The van der Waals surface area contributed by atoms with E-state index in [0.29, 0.717) is 17.8 Å². The van der Waals surface area contributed by atoms with Crippen molar-refractivity contribution in [3.63, 3.8) is 0 Å². The summed E-state index contributed by atoms with van der Waals surface area (Å²) < 4.78 is 0. The maximum Gasteiger partial charge on any atom is 0.273 e. The van der Waals surface area contributed by atoms with Crippen LogP contribution in [-0.4, -0.2) is 41.0 Å². The van der Waals surface area contributed by atoms with Crippen LogP contribution < -0.4 is 5.32 Å². The van der Waals surface area contributed by atoms with Gasteiger partial charge in [-0.05, 0) is 25.8 Å². The van der Waals surface area contributed by atoms with E-state index in [1.165, 1.54) is 0 Å². The van der Waals surface area contributed by atoms with Gasteiger partial charge in [0.25, 0.3) is 5.91 Å². The molecule has 0 radical (unpaired) electrons. The van der Waals surface area contributed by atoms with E-state index in [1.807, 2.05) is 35.7 Å². The molecule has 0 aliphatic carbocycles. The summed E-state index contributed by atoms with van der Waals surface area (Å²) in [6, 6.07) is 10.8. The third-order valence-electron chi connectivity index (χ3n) is 4.63. The number of fused-ring (bicyclic) bond motifs is 2. The number of halogens is 2. The molecule has 2 aliphatic heterocycles. The van der Waals surface area contributed by atoms with Crippen molar-refractivity contribution in [3.05, 3.63) is 41.4 Å². The highest BCUT2D eigenvalue weighted by Crippen LogP contribution is 2.31. The molecule has 2 atom stereocenters. The molecule has 0 saturated carbocycles. The summed E-state index contributed by atoms with van der Waals surface area (Å²) in [5, 5.41) is 6.26. The lowest BCUT2D eigenvalue weighted by atomic mass is 10.1. The number of carbonyl (C=O) groups excluding carboxylic acids is 1. The number of benzene rings is 1. The Morgan fingerprint density at radius 2 is 1.88 bits per heavy atom. The number of hydrogen-bond donors (Lipinski definition) is 1. The second-order valence-corrected chi connectivity index (χ2v) is 6.85. The largest absolute Gasteiger partial charge is 0.330 e. The minimum Gasteiger partial charge on any atom is -0.330 e. The lowest BCUT2D eigenvalue weighted by Gasteiger charge is -2.27. The molecule has 130 valence electrons. The Labute approximate surface area is 158 Å². The SMILES string of the molecule is Cl.Cl.O=C(c1csc(-c2ccccc2)n1)N1C2CCNCC1CC2. The topological polar surface area (TPSA) is 45.2 Å². The van der Waals surface area contributed by atoms with Crippen LogP contribution in [0.2, 0.25) is 0 Å². The standard InChI is InChI=1S/C17H19N3OS.2ClH/c21-17(20-13-6-7-14(20)10-18-9-8-13)15-11-22-16(19-15)12-4-2-1-3-5-12;;/h1-5,11,13-14,18H,6-10H2;2*1H. The Hall–Kier alpha value is -1.14. The van der Waals surface area contributed by atoms with Gasteiger partial charge in [-0.2, -0.15) is 0 Å². The smallest absolute Gasteiger partial charge is 0.273 e. The fraction of sp³-hybridized carbons (Fsp3) is 0.412. The monoisotopic (exact) mass is 385 g/mol. The van der Waals surface area contributed by atoms with E-state index in [9.17, 15) is 4.79 Å². The Balaban J connectivity index is 0.00000104. The van der Waals surface area contributed by atoms with Crippen LogP contribution in [0.5, 0.6) is 0 Å². The van der Waals surface area contributed by atoms with E-state index >= 15 is 0 Å². The number of aromatic nitrogens is 1. The third-order valence-corrected chi connectivity index (χ3v) is 5.52. The molecule has 2 fully saturated rings. The van der Waals surface area contributed by atoms with Gasteiger partial charge in [0.2, 0.25) is 0 Å². The van der Waals surface area contributed by atoms with Crippen LogP contribution in [-0.2, 0) is 0 Å². The first-order valence-corrected chi connectivity index (χ1v) is 8.75. The highest BCUT2D eigenvalue weighted by atomic mass is 35.5. The fourth-order valence-electron chi connectivity index (χ4n) is 3.53. The predicted molar refractivity (Wildman–Crippen MR) is 103 cm³/mol. The van der Waals surface area contributed by atoms with Crippen LogP contribution >= 0.6 is 36.2 Å². The van der Waals surface area contributed by atoms with Crippen LogP contribution in [0.4, 0.5) is 0 Å². The molecule has 2 aromatic rings. The highest BCUT2D eigenvalue weighted by Gasteiger charge is 2.39. The first-order chi connectivity index (χ1) is 10.8. The van der Waals surface area contributed by atoms with E-state index in [2.05, 4.69) is 15.2 Å². The summed E-state index contributed by atoms with van der Waals surface area (Å²) in [6.45, 7) is 1.93. The number of hydrogen-bond acceptors (Lipinski definition) is 4. The van der Waals surface area contributed by atoms with Crippen LogP contribution in [0.3, 0.4) is 0 Å². The van der Waals surface area contributed by atoms with E-state index in [-0.39, 0.29) is 30.7 Å². The van der Waals surface area contributed by atoms with Gasteiger partial charge in [-0.3, -0.25) is 4.79 Å². The summed E-state index contributed by atoms with van der Waals surface area (Å²) in [4.78, 5) is 19.6. The number of thiazole rings is 1. The first-order valence-electron chi connectivity index (χ1n) is 7.87. The zero-order valence-electron chi connectivity index (χ0n) is 13.2. The molecule has 7 heteroatoms. The van der Waals surface area contributed by atoms with Crippen molar-refractivity contribution >= 4 is 42.1 Å². The Morgan fingerprint density at radius 3 is 2.67 bits per heavy atom. The Kier molecular flexibility index (Phi) is 6.63. The van der Waals surface area contributed by atoms with Crippen molar-refractivity contribution < 1.29 is 4.79 Å². The minimum atomic E-state index is 0. The summed E-state index contributed by atoms with van der Waals surface area (Å²) in [5.41, 5.74) is 1.68. The molecule has 24 heavy (non-hydrogen) atoms. The van der Waals surface area contributed by atoms with Crippen molar-refractivity contribution in [2.45, 2.75) is 31.3 Å². The van der Waals surface area contributed by atoms with Gasteiger partial charge in [-0.15, -0.1) is 36.2 Å². The van der Waals surface area contributed by atoms with E-state index in [1.54, 1.807) is 11.3 Å². The van der Waals surface area contributed by atoms with Gasteiger partial charge in [-0.1, -0.05) is 30.3 Å². The number of rotatable bonds is 2. The van der Waals surface area contributed by atoms with Crippen LogP contribution in [0.25, 0.3) is 10.6 Å². The molecular formula is C17H21Cl2N3OS. The quantitative estimate of drug-likeness (QED) is 0.858. The normalized spacial score (nSPS) is 22.2. The molecule has 2 bridgehead atoms.